The normalized spacial score (nSPS) is 24.1. The maximum absolute atomic E-state index is 11.6. The van der Waals surface area contributed by atoms with Gasteiger partial charge in [0.2, 0.25) is 0 Å². The minimum atomic E-state index is -0.570. The highest BCUT2D eigenvalue weighted by Gasteiger charge is 2.25. The fourth-order valence-corrected chi connectivity index (χ4v) is 2.11. The van der Waals surface area contributed by atoms with E-state index < -0.39 is 11.8 Å². The number of amides is 2. The summed E-state index contributed by atoms with van der Waals surface area (Å²) in [5.41, 5.74) is 0. The average Bonchev–Trinajstić information content (AvgIpc) is 2.32. The van der Waals surface area contributed by atoms with E-state index in [1.54, 1.807) is 7.11 Å². The summed E-state index contributed by atoms with van der Waals surface area (Å²) in [6.07, 6.45) is 4.43. The van der Waals surface area contributed by atoms with Gasteiger partial charge in [0, 0.05) is 19.7 Å². The lowest BCUT2D eigenvalue weighted by Crippen LogP contribution is -2.48. The van der Waals surface area contributed by atoms with Crippen molar-refractivity contribution in [3.8, 4) is 0 Å². The molecule has 2 N–H and O–H groups in total. The molecule has 0 aromatic rings. The molecule has 0 aliphatic heterocycles. The molecule has 1 fully saturated rings. The van der Waals surface area contributed by atoms with Crippen molar-refractivity contribution in [1.29, 1.82) is 0 Å². The molecule has 0 bridgehead atoms. The number of hydrogen-bond donors (Lipinski definition) is 2. The van der Waals surface area contributed by atoms with Crippen LogP contribution in [0.25, 0.3) is 0 Å². The SMILES string of the molecule is COCCNC(=O)C(=O)NC1CCCCC1C. The Hall–Kier alpha value is -1.10. The van der Waals surface area contributed by atoms with Crippen molar-refractivity contribution >= 4 is 11.8 Å². The molecule has 1 saturated carbocycles. The van der Waals surface area contributed by atoms with Gasteiger partial charge in [-0.05, 0) is 18.8 Å². The summed E-state index contributed by atoms with van der Waals surface area (Å²) in [5.74, 6) is -0.640. The maximum Gasteiger partial charge on any atom is 0.309 e. The molecule has 0 heterocycles. The summed E-state index contributed by atoms with van der Waals surface area (Å²) >= 11 is 0. The molecule has 98 valence electrons. The van der Waals surface area contributed by atoms with Gasteiger partial charge in [0.15, 0.2) is 0 Å². The van der Waals surface area contributed by atoms with Gasteiger partial charge in [-0.1, -0.05) is 19.8 Å². The van der Waals surface area contributed by atoms with Gasteiger partial charge in [-0.25, -0.2) is 0 Å². The molecule has 17 heavy (non-hydrogen) atoms. The Balaban J connectivity index is 2.29. The molecule has 2 amide bonds. The third-order valence-corrected chi connectivity index (χ3v) is 3.23. The largest absolute Gasteiger partial charge is 0.383 e. The molecule has 0 radical (unpaired) electrons. The van der Waals surface area contributed by atoms with Gasteiger partial charge in [0.05, 0.1) is 6.61 Å². The number of carbonyl (C=O) groups excluding carboxylic acids is 2. The molecule has 1 aliphatic rings. The van der Waals surface area contributed by atoms with E-state index in [0.29, 0.717) is 19.1 Å². The molecular weight excluding hydrogens is 220 g/mol. The minimum Gasteiger partial charge on any atom is -0.383 e. The third-order valence-electron chi connectivity index (χ3n) is 3.23. The molecule has 1 aliphatic carbocycles. The lowest BCUT2D eigenvalue weighted by molar-refractivity contribution is -0.140. The van der Waals surface area contributed by atoms with Crippen molar-refractivity contribution < 1.29 is 14.3 Å². The summed E-state index contributed by atoms with van der Waals surface area (Å²) in [7, 11) is 1.55. The first-order valence-corrected chi connectivity index (χ1v) is 6.22. The van der Waals surface area contributed by atoms with Crippen molar-refractivity contribution in [2.24, 2.45) is 5.92 Å². The van der Waals surface area contributed by atoms with Crippen LogP contribution in [0.2, 0.25) is 0 Å². The van der Waals surface area contributed by atoms with Gasteiger partial charge in [-0.3, -0.25) is 9.59 Å². The van der Waals surface area contributed by atoms with Gasteiger partial charge in [-0.2, -0.15) is 0 Å². The molecular formula is C12H22N2O3. The second kappa shape index (κ2) is 7.27. The molecule has 0 saturated heterocycles. The second-order valence-electron chi connectivity index (χ2n) is 4.59. The van der Waals surface area contributed by atoms with Crippen LogP contribution in [-0.4, -0.2) is 38.1 Å². The lowest BCUT2D eigenvalue weighted by Gasteiger charge is -2.29. The summed E-state index contributed by atoms with van der Waals surface area (Å²) < 4.78 is 4.79. The van der Waals surface area contributed by atoms with E-state index in [9.17, 15) is 9.59 Å². The van der Waals surface area contributed by atoms with E-state index in [2.05, 4.69) is 17.6 Å². The summed E-state index contributed by atoms with van der Waals surface area (Å²) in [6.45, 7) is 2.90. The van der Waals surface area contributed by atoms with Crippen molar-refractivity contribution in [1.82, 2.24) is 10.6 Å². The van der Waals surface area contributed by atoms with E-state index in [1.807, 2.05) is 0 Å². The fourth-order valence-electron chi connectivity index (χ4n) is 2.11. The van der Waals surface area contributed by atoms with Gasteiger partial charge in [-0.15, -0.1) is 0 Å². The Kier molecular flexibility index (Phi) is 5.97. The van der Waals surface area contributed by atoms with Crippen LogP contribution < -0.4 is 10.6 Å². The van der Waals surface area contributed by atoms with E-state index in [0.717, 1.165) is 19.3 Å². The summed E-state index contributed by atoms with van der Waals surface area (Å²) in [4.78, 5) is 23.0. The van der Waals surface area contributed by atoms with Gasteiger partial charge in [0.25, 0.3) is 0 Å². The highest BCUT2D eigenvalue weighted by atomic mass is 16.5. The number of rotatable bonds is 4. The zero-order chi connectivity index (χ0) is 12.7. The van der Waals surface area contributed by atoms with Crippen LogP contribution in [0.5, 0.6) is 0 Å². The Bertz CT molecular complexity index is 268. The van der Waals surface area contributed by atoms with Crippen LogP contribution in [0.1, 0.15) is 32.6 Å². The van der Waals surface area contributed by atoms with Crippen LogP contribution in [0.3, 0.4) is 0 Å². The molecule has 5 nitrogen and oxygen atoms in total. The van der Waals surface area contributed by atoms with E-state index >= 15 is 0 Å². The fraction of sp³-hybridized carbons (Fsp3) is 0.833. The predicted molar refractivity (Wildman–Crippen MR) is 64.4 cm³/mol. The second-order valence-corrected chi connectivity index (χ2v) is 4.59. The molecule has 0 aromatic carbocycles. The first kappa shape index (κ1) is 14.0. The van der Waals surface area contributed by atoms with Crippen LogP contribution in [0.15, 0.2) is 0 Å². The summed E-state index contributed by atoms with van der Waals surface area (Å²) in [6, 6.07) is 0.143. The van der Waals surface area contributed by atoms with E-state index in [4.69, 9.17) is 4.74 Å². The van der Waals surface area contributed by atoms with E-state index in [1.165, 1.54) is 6.42 Å². The molecule has 5 heteroatoms. The van der Waals surface area contributed by atoms with Crippen molar-refractivity contribution in [2.45, 2.75) is 38.6 Å². The smallest absolute Gasteiger partial charge is 0.309 e. The Morgan fingerprint density at radius 2 is 1.94 bits per heavy atom. The Labute approximate surface area is 102 Å². The van der Waals surface area contributed by atoms with Gasteiger partial charge >= 0.3 is 11.8 Å². The predicted octanol–water partition coefficient (Wildman–Crippen LogP) is 0.444. The molecule has 2 atom stereocenters. The molecule has 2 unspecified atom stereocenters. The van der Waals surface area contributed by atoms with E-state index in [-0.39, 0.29) is 6.04 Å². The number of methoxy groups -OCH3 is 1. The maximum atomic E-state index is 11.6. The standard InChI is InChI=1S/C12H22N2O3/c1-9-5-3-4-6-10(9)14-12(16)11(15)13-7-8-17-2/h9-10H,3-8H2,1-2H3,(H,13,15)(H,14,16). The molecule has 0 aromatic heterocycles. The molecule has 0 spiro atoms. The zero-order valence-corrected chi connectivity index (χ0v) is 10.6. The Morgan fingerprint density at radius 1 is 1.24 bits per heavy atom. The van der Waals surface area contributed by atoms with Crippen LogP contribution in [0, 0.1) is 5.92 Å². The first-order valence-electron chi connectivity index (χ1n) is 6.22. The van der Waals surface area contributed by atoms with Gasteiger partial charge < -0.3 is 15.4 Å². The summed E-state index contributed by atoms with van der Waals surface area (Å²) in [5, 5.41) is 5.32. The van der Waals surface area contributed by atoms with Crippen molar-refractivity contribution in [2.75, 3.05) is 20.3 Å². The number of carbonyl (C=O) groups is 2. The highest BCUT2D eigenvalue weighted by molar-refractivity contribution is 6.35. The molecule has 1 rings (SSSR count). The Morgan fingerprint density at radius 3 is 2.59 bits per heavy atom. The van der Waals surface area contributed by atoms with Crippen molar-refractivity contribution in [3.05, 3.63) is 0 Å². The zero-order valence-electron chi connectivity index (χ0n) is 10.6. The monoisotopic (exact) mass is 242 g/mol. The number of ether oxygens (including phenoxy) is 1. The van der Waals surface area contributed by atoms with Crippen LogP contribution in [0.4, 0.5) is 0 Å². The highest BCUT2D eigenvalue weighted by Crippen LogP contribution is 2.23. The quantitative estimate of drug-likeness (QED) is 0.555. The number of hydrogen-bond acceptors (Lipinski definition) is 3. The van der Waals surface area contributed by atoms with Crippen molar-refractivity contribution in [3.63, 3.8) is 0 Å². The third kappa shape index (κ3) is 4.73. The van der Waals surface area contributed by atoms with Crippen LogP contribution in [-0.2, 0) is 14.3 Å². The number of nitrogens with one attached hydrogen (secondary N) is 2. The average molecular weight is 242 g/mol. The topological polar surface area (TPSA) is 67.4 Å². The lowest BCUT2D eigenvalue weighted by atomic mass is 9.86. The minimum absolute atomic E-state index is 0.143. The van der Waals surface area contributed by atoms with Crippen LogP contribution >= 0.6 is 0 Å². The van der Waals surface area contributed by atoms with Gasteiger partial charge in [0.1, 0.15) is 0 Å². The first-order chi connectivity index (χ1) is 8.15.